The lowest BCUT2D eigenvalue weighted by molar-refractivity contribution is 0.390. The number of hydrogen-bond donors (Lipinski definition) is 2. The molecular weight excluding hydrogens is 290 g/mol. The summed E-state index contributed by atoms with van der Waals surface area (Å²) < 4.78 is 32.3. The molecule has 1 atom stereocenters. The number of anilines is 1. The number of nitrogens with one attached hydrogen (secondary N) is 2. The lowest BCUT2D eigenvalue weighted by atomic mass is 10.1. The fourth-order valence-electron chi connectivity index (χ4n) is 2.10. The summed E-state index contributed by atoms with van der Waals surface area (Å²) in [4.78, 5) is 0.0922. The van der Waals surface area contributed by atoms with Gasteiger partial charge in [-0.3, -0.25) is 4.72 Å². The van der Waals surface area contributed by atoms with Gasteiger partial charge in [0, 0.05) is 11.7 Å². The van der Waals surface area contributed by atoms with Crippen LogP contribution in [-0.4, -0.2) is 20.6 Å². The average molecular weight is 309 g/mol. The van der Waals surface area contributed by atoms with E-state index in [4.69, 9.17) is 4.52 Å². The van der Waals surface area contributed by atoms with Crippen molar-refractivity contribution in [2.75, 3.05) is 11.8 Å². The minimum absolute atomic E-state index is 0.0922. The van der Waals surface area contributed by atoms with Crippen molar-refractivity contribution in [3.05, 3.63) is 41.3 Å². The van der Waals surface area contributed by atoms with E-state index in [2.05, 4.69) is 15.2 Å². The van der Waals surface area contributed by atoms with Crippen molar-refractivity contribution in [2.24, 2.45) is 0 Å². The Kier molecular flexibility index (Phi) is 4.34. The van der Waals surface area contributed by atoms with E-state index in [0.29, 0.717) is 11.4 Å². The summed E-state index contributed by atoms with van der Waals surface area (Å²) in [5.74, 6) is 0.278. The number of rotatable bonds is 5. The van der Waals surface area contributed by atoms with Crippen LogP contribution in [0.2, 0.25) is 0 Å². The van der Waals surface area contributed by atoms with Gasteiger partial charge in [-0.25, -0.2) is 8.42 Å². The first-order chi connectivity index (χ1) is 9.85. The molecule has 7 heteroatoms. The second-order valence-corrected chi connectivity index (χ2v) is 6.51. The van der Waals surface area contributed by atoms with Crippen molar-refractivity contribution in [2.45, 2.75) is 31.7 Å². The first-order valence-electron chi connectivity index (χ1n) is 6.58. The lowest BCUT2D eigenvalue weighted by Crippen LogP contribution is -2.16. The van der Waals surface area contributed by atoms with Gasteiger partial charge in [0.25, 0.3) is 10.0 Å². The van der Waals surface area contributed by atoms with Gasteiger partial charge in [0.15, 0.2) is 10.7 Å². The molecular formula is C14H19N3O3S. The van der Waals surface area contributed by atoms with Gasteiger partial charge < -0.3 is 9.84 Å². The molecule has 0 aliphatic heterocycles. The van der Waals surface area contributed by atoms with E-state index in [1.165, 1.54) is 0 Å². The highest BCUT2D eigenvalue weighted by atomic mass is 32.2. The summed E-state index contributed by atoms with van der Waals surface area (Å²) >= 11 is 0. The molecule has 0 spiro atoms. The molecule has 0 fully saturated rings. The molecule has 2 N–H and O–H groups in total. The minimum Gasteiger partial charge on any atom is -0.360 e. The predicted molar refractivity (Wildman–Crippen MR) is 80.7 cm³/mol. The van der Waals surface area contributed by atoms with Gasteiger partial charge in [-0.2, -0.15) is 0 Å². The first kappa shape index (κ1) is 15.5. The van der Waals surface area contributed by atoms with Gasteiger partial charge in [0.2, 0.25) is 0 Å². The van der Waals surface area contributed by atoms with E-state index in [-0.39, 0.29) is 16.7 Å². The molecule has 21 heavy (non-hydrogen) atoms. The van der Waals surface area contributed by atoms with Crippen LogP contribution in [0.1, 0.15) is 30.0 Å². The molecule has 1 heterocycles. The average Bonchev–Trinajstić information content (AvgIpc) is 2.77. The Morgan fingerprint density at radius 1 is 1.29 bits per heavy atom. The smallest absolute Gasteiger partial charge is 0.267 e. The highest BCUT2D eigenvalue weighted by Gasteiger charge is 2.24. The van der Waals surface area contributed by atoms with Crippen molar-refractivity contribution >= 4 is 15.7 Å². The predicted octanol–water partition coefficient (Wildman–Crippen LogP) is 2.37. The number of aryl methyl sites for hydroxylation is 2. The summed E-state index contributed by atoms with van der Waals surface area (Å²) in [6.07, 6.45) is 0. The molecule has 0 bridgehead atoms. The van der Waals surface area contributed by atoms with Crippen LogP contribution < -0.4 is 10.0 Å². The van der Waals surface area contributed by atoms with Crippen LogP contribution in [0.4, 0.5) is 5.69 Å². The topological polar surface area (TPSA) is 84.2 Å². The van der Waals surface area contributed by atoms with Gasteiger partial charge in [-0.1, -0.05) is 17.3 Å². The zero-order chi connectivity index (χ0) is 15.6. The maximum Gasteiger partial charge on any atom is 0.267 e. The molecule has 2 rings (SSSR count). The highest BCUT2D eigenvalue weighted by Crippen LogP contribution is 2.24. The second kappa shape index (κ2) is 5.87. The summed E-state index contributed by atoms with van der Waals surface area (Å²) in [5, 5.41) is 6.79. The van der Waals surface area contributed by atoms with E-state index in [0.717, 1.165) is 5.56 Å². The maximum atomic E-state index is 12.4. The van der Waals surface area contributed by atoms with Crippen LogP contribution in [-0.2, 0) is 10.0 Å². The molecule has 2 aromatic rings. The van der Waals surface area contributed by atoms with Crippen molar-refractivity contribution in [1.82, 2.24) is 10.5 Å². The first-order valence-corrected chi connectivity index (χ1v) is 8.06. The minimum atomic E-state index is -3.71. The van der Waals surface area contributed by atoms with E-state index < -0.39 is 10.0 Å². The van der Waals surface area contributed by atoms with Crippen molar-refractivity contribution in [3.63, 3.8) is 0 Å². The molecule has 1 unspecified atom stereocenters. The summed E-state index contributed by atoms with van der Waals surface area (Å²) in [7, 11) is -1.85. The molecule has 114 valence electrons. The molecule has 0 aliphatic carbocycles. The fraction of sp³-hybridized carbons (Fsp3) is 0.357. The Morgan fingerprint density at radius 3 is 2.57 bits per heavy atom. The Bertz CT molecular complexity index is 718. The monoisotopic (exact) mass is 309 g/mol. The van der Waals surface area contributed by atoms with Gasteiger partial charge in [-0.15, -0.1) is 0 Å². The zero-order valence-electron chi connectivity index (χ0n) is 12.5. The van der Waals surface area contributed by atoms with Crippen molar-refractivity contribution < 1.29 is 12.9 Å². The number of sulfonamides is 1. The number of benzene rings is 1. The lowest BCUT2D eigenvalue weighted by Gasteiger charge is -2.13. The molecule has 0 radical (unpaired) electrons. The second-order valence-electron chi connectivity index (χ2n) is 4.89. The van der Waals surface area contributed by atoms with Crippen LogP contribution in [0.15, 0.2) is 33.7 Å². The standard InChI is InChI=1S/C14H19N3O3S/c1-9(15-4)12-6-5-7-13(8-12)17-21(18,19)14-10(2)16-20-11(14)3/h5-9,15,17H,1-4H3. The third-order valence-electron chi connectivity index (χ3n) is 3.31. The van der Waals surface area contributed by atoms with Gasteiger partial charge in [-0.05, 0) is 45.5 Å². The molecule has 1 aromatic heterocycles. The Labute approximate surface area is 124 Å². The zero-order valence-corrected chi connectivity index (χ0v) is 13.3. The van der Waals surface area contributed by atoms with Crippen molar-refractivity contribution in [1.29, 1.82) is 0 Å². The normalized spacial score (nSPS) is 13.1. The largest absolute Gasteiger partial charge is 0.360 e. The molecule has 0 saturated carbocycles. The fourth-order valence-corrected chi connectivity index (χ4v) is 3.48. The number of hydrogen-bond acceptors (Lipinski definition) is 5. The summed E-state index contributed by atoms with van der Waals surface area (Å²) in [6.45, 7) is 5.18. The van der Waals surface area contributed by atoms with Gasteiger partial charge in [0.1, 0.15) is 5.69 Å². The molecule has 1 aromatic carbocycles. The van der Waals surface area contributed by atoms with E-state index in [1.807, 2.05) is 26.1 Å². The van der Waals surface area contributed by atoms with E-state index in [1.54, 1.807) is 26.0 Å². The molecule has 0 amide bonds. The number of aromatic nitrogens is 1. The third-order valence-corrected chi connectivity index (χ3v) is 4.93. The highest BCUT2D eigenvalue weighted by molar-refractivity contribution is 7.92. The van der Waals surface area contributed by atoms with Crippen LogP contribution in [0.25, 0.3) is 0 Å². The van der Waals surface area contributed by atoms with Crippen LogP contribution in [0, 0.1) is 13.8 Å². The summed E-state index contributed by atoms with van der Waals surface area (Å²) in [5.41, 5.74) is 1.85. The van der Waals surface area contributed by atoms with Crippen LogP contribution in [0.5, 0.6) is 0 Å². The van der Waals surface area contributed by atoms with E-state index >= 15 is 0 Å². The Morgan fingerprint density at radius 2 is 2.00 bits per heavy atom. The maximum absolute atomic E-state index is 12.4. The molecule has 0 saturated heterocycles. The van der Waals surface area contributed by atoms with Gasteiger partial charge in [0.05, 0.1) is 0 Å². The molecule has 0 aliphatic rings. The van der Waals surface area contributed by atoms with Crippen molar-refractivity contribution in [3.8, 4) is 0 Å². The summed E-state index contributed by atoms with van der Waals surface area (Å²) in [6, 6.07) is 7.40. The quantitative estimate of drug-likeness (QED) is 0.886. The molecule has 6 nitrogen and oxygen atoms in total. The Hall–Kier alpha value is -1.86. The van der Waals surface area contributed by atoms with E-state index in [9.17, 15) is 8.42 Å². The SMILES string of the molecule is CNC(C)c1cccc(NS(=O)(=O)c2c(C)noc2C)c1. The number of nitrogens with zero attached hydrogens (tertiary/aromatic N) is 1. The van der Waals surface area contributed by atoms with Crippen LogP contribution >= 0.6 is 0 Å². The van der Waals surface area contributed by atoms with Gasteiger partial charge >= 0.3 is 0 Å². The Balaban J connectivity index is 2.34. The third kappa shape index (κ3) is 3.25. The van der Waals surface area contributed by atoms with Crippen LogP contribution in [0.3, 0.4) is 0 Å².